The third kappa shape index (κ3) is 4.66. The second-order valence-corrected chi connectivity index (χ2v) is 6.24. The minimum atomic E-state index is -2.97. The summed E-state index contributed by atoms with van der Waals surface area (Å²) in [5.41, 5.74) is 0.939. The number of hydrogen-bond donors (Lipinski definition) is 2. The molecule has 2 aromatic carbocycles. The van der Waals surface area contributed by atoms with Gasteiger partial charge in [-0.3, -0.25) is 4.79 Å². The number of amides is 2. The highest BCUT2D eigenvalue weighted by molar-refractivity contribution is 6.30. The van der Waals surface area contributed by atoms with E-state index in [0.29, 0.717) is 11.1 Å². The first kappa shape index (κ1) is 19.8. The number of cyclic esters (lactones) is 1. The van der Waals surface area contributed by atoms with Crippen molar-refractivity contribution in [2.75, 3.05) is 6.54 Å². The predicted molar refractivity (Wildman–Crippen MR) is 92.7 cm³/mol. The van der Waals surface area contributed by atoms with E-state index in [2.05, 4.69) is 15.4 Å². The topological polar surface area (TPSA) is 76.7 Å². The Bertz CT molecular complexity index is 880. The van der Waals surface area contributed by atoms with E-state index in [9.17, 15) is 22.8 Å². The summed E-state index contributed by atoms with van der Waals surface area (Å²) >= 11 is 5.84. The monoisotopic (exact) mass is 414 g/mol. The minimum Gasteiger partial charge on any atom is -0.435 e. The lowest BCUT2D eigenvalue weighted by Crippen LogP contribution is -2.39. The van der Waals surface area contributed by atoms with Crippen LogP contribution in [0.2, 0.25) is 5.02 Å². The molecule has 0 saturated carbocycles. The van der Waals surface area contributed by atoms with E-state index in [0.717, 1.165) is 6.07 Å². The number of nitrogens with one attached hydrogen (secondary N) is 2. The first-order valence-electron chi connectivity index (χ1n) is 8.08. The molecule has 3 rings (SSSR count). The van der Waals surface area contributed by atoms with Crippen molar-refractivity contribution in [1.29, 1.82) is 0 Å². The molecule has 0 bridgehead atoms. The summed E-state index contributed by atoms with van der Waals surface area (Å²) in [6, 6.07) is 8.66. The number of rotatable bonds is 6. The molecule has 0 unspecified atom stereocenters. The molecule has 0 radical (unpaired) electrons. The van der Waals surface area contributed by atoms with Crippen LogP contribution in [0.4, 0.5) is 18.0 Å². The number of carbonyl (C=O) groups excluding carboxylic acids is 2. The summed E-state index contributed by atoms with van der Waals surface area (Å²) in [6.07, 6.45) is -1.75. The van der Waals surface area contributed by atoms with Gasteiger partial charge in [0.15, 0.2) is 6.10 Å². The molecule has 1 saturated heterocycles. The van der Waals surface area contributed by atoms with Gasteiger partial charge in [-0.1, -0.05) is 29.8 Å². The Morgan fingerprint density at radius 3 is 2.46 bits per heavy atom. The van der Waals surface area contributed by atoms with Crippen molar-refractivity contribution >= 4 is 23.6 Å². The Hall–Kier alpha value is -2.94. The van der Waals surface area contributed by atoms with Crippen LogP contribution in [0.3, 0.4) is 0 Å². The van der Waals surface area contributed by atoms with E-state index in [-0.39, 0.29) is 17.3 Å². The zero-order valence-electron chi connectivity index (χ0n) is 14.1. The lowest BCUT2D eigenvalue weighted by molar-refractivity contribution is -0.128. The van der Waals surface area contributed by atoms with Crippen LogP contribution in [0, 0.1) is 5.82 Å². The third-order valence-electron chi connectivity index (χ3n) is 3.98. The molecule has 2 aromatic rings. The Balaban J connectivity index is 1.88. The van der Waals surface area contributed by atoms with Crippen molar-refractivity contribution in [3.05, 3.63) is 64.4 Å². The average molecular weight is 415 g/mol. The van der Waals surface area contributed by atoms with E-state index in [4.69, 9.17) is 16.3 Å². The van der Waals surface area contributed by atoms with E-state index in [1.807, 2.05) is 0 Å². The van der Waals surface area contributed by atoms with Crippen molar-refractivity contribution < 1.29 is 32.2 Å². The molecule has 1 fully saturated rings. The van der Waals surface area contributed by atoms with Gasteiger partial charge in [0.05, 0.1) is 17.6 Å². The fourth-order valence-electron chi connectivity index (χ4n) is 2.66. The van der Waals surface area contributed by atoms with Crippen molar-refractivity contribution in [2.45, 2.75) is 18.8 Å². The second-order valence-electron chi connectivity index (χ2n) is 5.84. The van der Waals surface area contributed by atoms with Crippen LogP contribution in [-0.2, 0) is 9.53 Å². The molecular formula is C18H14ClF3N2O4. The lowest BCUT2D eigenvalue weighted by Gasteiger charge is -2.22. The quantitative estimate of drug-likeness (QED) is 0.759. The predicted octanol–water partition coefficient (Wildman–Crippen LogP) is 3.39. The number of benzene rings is 2. The fourth-order valence-corrected chi connectivity index (χ4v) is 2.85. The first-order valence-corrected chi connectivity index (χ1v) is 8.46. The number of halogens is 4. The summed E-state index contributed by atoms with van der Waals surface area (Å²) in [4.78, 5) is 23.6. The van der Waals surface area contributed by atoms with E-state index >= 15 is 0 Å². The van der Waals surface area contributed by atoms with E-state index < -0.39 is 36.6 Å². The number of hydrogen-bond acceptors (Lipinski definition) is 4. The van der Waals surface area contributed by atoms with Crippen LogP contribution in [0.25, 0.3) is 0 Å². The smallest absolute Gasteiger partial charge is 0.408 e. The molecule has 28 heavy (non-hydrogen) atoms. The highest BCUT2D eigenvalue weighted by Crippen LogP contribution is 2.28. The van der Waals surface area contributed by atoms with Gasteiger partial charge >= 0.3 is 12.7 Å². The van der Waals surface area contributed by atoms with Gasteiger partial charge in [0.1, 0.15) is 11.6 Å². The SMILES string of the molecule is O=C1NC[C@@H](C(=O)N[C@@H](c2ccc(OC(F)F)cc2)c2ccc(F)c(Cl)c2)O1. The number of ether oxygens (including phenoxy) is 2. The van der Waals surface area contributed by atoms with E-state index in [1.54, 1.807) is 0 Å². The molecule has 0 spiro atoms. The van der Waals surface area contributed by atoms with Gasteiger partial charge in [-0.2, -0.15) is 8.78 Å². The summed E-state index contributed by atoms with van der Waals surface area (Å²) < 4.78 is 47.3. The summed E-state index contributed by atoms with van der Waals surface area (Å²) in [7, 11) is 0. The van der Waals surface area contributed by atoms with Gasteiger partial charge in [0.2, 0.25) is 0 Å². The molecule has 148 valence electrons. The van der Waals surface area contributed by atoms with Gasteiger partial charge in [0.25, 0.3) is 5.91 Å². The normalized spacial score (nSPS) is 17.0. The van der Waals surface area contributed by atoms with Crippen LogP contribution >= 0.6 is 11.6 Å². The number of alkyl halides is 2. The van der Waals surface area contributed by atoms with Gasteiger partial charge in [-0.05, 0) is 35.4 Å². The summed E-state index contributed by atoms with van der Waals surface area (Å²) in [6.45, 7) is -2.97. The van der Waals surface area contributed by atoms with Crippen LogP contribution in [-0.4, -0.2) is 31.3 Å². The fraction of sp³-hybridized carbons (Fsp3) is 0.222. The summed E-state index contributed by atoms with van der Waals surface area (Å²) in [5.74, 6) is -1.28. The van der Waals surface area contributed by atoms with Crippen molar-refractivity contribution in [3.63, 3.8) is 0 Å². The maximum atomic E-state index is 13.5. The molecule has 10 heteroatoms. The van der Waals surface area contributed by atoms with Gasteiger partial charge in [-0.25, -0.2) is 9.18 Å². The molecule has 2 amide bonds. The lowest BCUT2D eigenvalue weighted by atomic mass is 9.98. The molecule has 6 nitrogen and oxygen atoms in total. The molecule has 1 aliphatic heterocycles. The molecule has 0 aromatic heterocycles. The Morgan fingerprint density at radius 2 is 1.89 bits per heavy atom. The highest BCUT2D eigenvalue weighted by Gasteiger charge is 2.31. The van der Waals surface area contributed by atoms with Crippen molar-refractivity contribution in [2.24, 2.45) is 0 Å². The van der Waals surface area contributed by atoms with Crippen LogP contribution in [0.1, 0.15) is 17.2 Å². The van der Waals surface area contributed by atoms with Gasteiger partial charge in [0, 0.05) is 0 Å². The van der Waals surface area contributed by atoms with Gasteiger partial charge in [-0.15, -0.1) is 0 Å². The third-order valence-corrected chi connectivity index (χ3v) is 4.27. The second kappa shape index (κ2) is 8.39. The van der Waals surface area contributed by atoms with Crippen LogP contribution in [0.15, 0.2) is 42.5 Å². The van der Waals surface area contributed by atoms with Crippen LogP contribution in [0.5, 0.6) is 5.75 Å². The van der Waals surface area contributed by atoms with Crippen LogP contribution < -0.4 is 15.4 Å². The first-order chi connectivity index (χ1) is 13.3. The molecular weight excluding hydrogens is 401 g/mol. The van der Waals surface area contributed by atoms with Crippen molar-refractivity contribution in [1.82, 2.24) is 10.6 Å². The molecule has 2 atom stereocenters. The standard InChI is InChI=1S/C18H14ClF3N2O4/c19-12-7-10(3-6-13(12)20)15(24-16(25)14-8-23-18(26)28-14)9-1-4-11(5-2-9)27-17(21)22/h1-7,14-15,17H,8H2,(H,23,26)(H,24,25)/t14-,15-/m0/s1. The molecule has 1 heterocycles. The molecule has 1 aliphatic rings. The average Bonchev–Trinajstić information content (AvgIpc) is 3.09. The number of alkyl carbamates (subject to hydrolysis) is 1. The van der Waals surface area contributed by atoms with E-state index in [1.165, 1.54) is 36.4 Å². The Kier molecular flexibility index (Phi) is 5.93. The zero-order chi connectivity index (χ0) is 20.3. The Labute approximate surface area is 162 Å². The van der Waals surface area contributed by atoms with Crippen molar-refractivity contribution in [3.8, 4) is 5.75 Å². The number of carbonyl (C=O) groups is 2. The van der Waals surface area contributed by atoms with Gasteiger partial charge < -0.3 is 20.1 Å². The molecule has 0 aliphatic carbocycles. The maximum absolute atomic E-state index is 13.5. The molecule has 2 N–H and O–H groups in total. The highest BCUT2D eigenvalue weighted by atomic mass is 35.5. The largest absolute Gasteiger partial charge is 0.435 e. The summed E-state index contributed by atoms with van der Waals surface area (Å²) in [5, 5.41) is 4.91. The maximum Gasteiger partial charge on any atom is 0.408 e. The zero-order valence-corrected chi connectivity index (χ0v) is 14.9. The Morgan fingerprint density at radius 1 is 1.21 bits per heavy atom. The minimum absolute atomic E-state index is 0.00271.